The standard InChI is InChI=1S/C16H18F2N2O3/c1-9-4-15(23-20-9)14-5-10(7-21)16(19,8-22-14)12-6-11(17)2-3-13(12)18/h2-4,6,10,14,21H,5,7-8,19H2,1H3/t10-,14+,16-/m0/s1. The molecule has 7 heteroatoms. The zero-order valence-corrected chi connectivity index (χ0v) is 12.6. The Morgan fingerprint density at radius 3 is 2.83 bits per heavy atom. The Kier molecular flexibility index (Phi) is 4.18. The molecule has 2 heterocycles. The molecule has 1 aromatic carbocycles. The predicted molar refractivity (Wildman–Crippen MR) is 77.3 cm³/mol. The van der Waals surface area contributed by atoms with Gasteiger partial charge in [-0.05, 0) is 31.5 Å². The Balaban J connectivity index is 1.91. The van der Waals surface area contributed by atoms with Gasteiger partial charge < -0.3 is 20.1 Å². The normalized spacial score (nSPS) is 28.0. The van der Waals surface area contributed by atoms with Crippen molar-refractivity contribution in [1.82, 2.24) is 5.16 Å². The van der Waals surface area contributed by atoms with Crippen LogP contribution < -0.4 is 5.73 Å². The molecule has 0 saturated carbocycles. The number of hydrogen-bond donors (Lipinski definition) is 2. The highest BCUT2D eigenvalue weighted by Crippen LogP contribution is 2.42. The summed E-state index contributed by atoms with van der Waals surface area (Å²) in [4.78, 5) is 0. The van der Waals surface area contributed by atoms with Gasteiger partial charge in [-0.3, -0.25) is 0 Å². The van der Waals surface area contributed by atoms with E-state index in [9.17, 15) is 13.9 Å². The van der Waals surface area contributed by atoms with Gasteiger partial charge in [0.25, 0.3) is 0 Å². The van der Waals surface area contributed by atoms with Gasteiger partial charge in [0.2, 0.25) is 0 Å². The van der Waals surface area contributed by atoms with Gasteiger partial charge in [-0.25, -0.2) is 8.78 Å². The van der Waals surface area contributed by atoms with Crippen LogP contribution in [0.5, 0.6) is 0 Å². The maximum absolute atomic E-state index is 14.1. The number of nitrogens with zero attached hydrogens (tertiary/aromatic N) is 1. The van der Waals surface area contributed by atoms with Crippen LogP contribution in [0.4, 0.5) is 8.78 Å². The van der Waals surface area contributed by atoms with Crippen molar-refractivity contribution >= 4 is 0 Å². The second-order valence-electron chi connectivity index (χ2n) is 5.95. The van der Waals surface area contributed by atoms with Crippen LogP contribution in [0.15, 0.2) is 28.8 Å². The fraction of sp³-hybridized carbons (Fsp3) is 0.438. The number of aliphatic hydroxyl groups excluding tert-OH is 1. The molecule has 2 aromatic rings. The molecule has 124 valence electrons. The van der Waals surface area contributed by atoms with Crippen LogP contribution in [-0.2, 0) is 10.3 Å². The Morgan fingerprint density at radius 1 is 1.39 bits per heavy atom. The first kappa shape index (κ1) is 16.0. The molecule has 3 N–H and O–H groups in total. The van der Waals surface area contributed by atoms with E-state index in [1.165, 1.54) is 0 Å². The molecular formula is C16H18F2N2O3. The summed E-state index contributed by atoms with van der Waals surface area (Å²) in [5.74, 6) is -1.19. The van der Waals surface area contributed by atoms with E-state index in [-0.39, 0.29) is 18.8 Å². The van der Waals surface area contributed by atoms with Gasteiger partial charge in [0.1, 0.15) is 17.7 Å². The van der Waals surface area contributed by atoms with Gasteiger partial charge >= 0.3 is 0 Å². The minimum absolute atomic E-state index is 0.00347. The number of aryl methyl sites for hydroxylation is 1. The smallest absolute Gasteiger partial charge is 0.165 e. The van der Waals surface area contributed by atoms with Crippen molar-refractivity contribution in [3.63, 3.8) is 0 Å². The fourth-order valence-corrected chi connectivity index (χ4v) is 3.02. The minimum atomic E-state index is -1.31. The van der Waals surface area contributed by atoms with Gasteiger partial charge in [0.15, 0.2) is 5.76 Å². The quantitative estimate of drug-likeness (QED) is 0.904. The third kappa shape index (κ3) is 2.87. The van der Waals surface area contributed by atoms with Gasteiger partial charge in [-0.2, -0.15) is 0 Å². The van der Waals surface area contributed by atoms with E-state index in [0.717, 1.165) is 18.2 Å². The SMILES string of the molecule is Cc1cc([C@H]2C[C@@H](CO)[C@](N)(c3cc(F)ccc3F)CO2)on1. The number of rotatable bonds is 3. The molecule has 3 atom stereocenters. The van der Waals surface area contributed by atoms with E-state index in [1.54, 1.807) is 13.0 Å². The summed E-state index contributed by atoms with van der Waals surface area (Å²) in [5, 5.41) is 13.5. The Hall–Kier alpha value is -1.83. The second kappa shape index (κ2) is 5.99. The van der Waals surface area contributed by atoms with Gasteiger partial charge in [0.05, 0.1) is 17.8 Å². The summed E-state index contributed by atoms with van der Waals surface area (Å²) in [6, 6.07) is 4.85. The van der Waals surface area contributed by atoms with E-state index < -0.39 is 29.2 Å². The maximum atomic E-state index is 14.1. The first-order valence-corrected chi connectivity index (χ1v) is 7.34. The van der Waals surface area contributed by atoms with Gasteiger partial charge in [-0.15, -0.1) is 0 Å². The minimum Gasteiger partial charge on any atom is -0.396 e. The van der Waals surface area contributed by atoms with Crippen LogP contribution in [0.25, 0.3) is 0 Å². The lowest BCUT2D eigenvalue weighted by atomic mass is 9.74. The van der Waals surface area contributed by atoms with E-state index in [1.807, 2.05) is 0 Å². The molecule has 0 unspecified atom stereocenters. The van der Waals surface area contributed by atoms with Crippen LogP contribution in [0.2, 0.25) is 0 Å². The molecule has 23 heavy (non-hydrogen) atoms. The molecule has 0 aliphatic carbocycles. The number of aromatic nitrogens is 1. The average Bonchev–Trinajstić information content (AvgIpc) is 2.96. The molecule has 0 bridgehead atoms. The molecule has 1 saturated heterocycles. The Bertz CT molecular complexity index is 706. The number of halogens is 2. The molecule has 0 spiro atoms. The topological polar surface area (TPSA) is 81.5 Å². The van der Waals surface area contributed by atoms with Gasteiger partial charge in [-0.1, -0.05) is 5.16 Å². The number of nitrogens with two attached hydrogens (primary N) is 1. The number of benzene rings is 1. The molecule has 0 radical (unpaired) electrons. The predicted octanol–water partition coefficient (Wildman–Crippen LogP) is 2.19. The molecule has 1 aliphatic heterocycles. The van der Waals surface area contributed by atoms with Crippen molar-refractivity contribution in [3.8, 4) is 0 Å². The van der Waals surface area contributed by atoms with Gasteiger partial charge in [0, 0.05) is 24.2 Å². The van der Waals surface area contributed by atoms with Crippen LogP contribution >= 0.6 is 0 Å². The Morgan fingerprint density at radius 2 is 2.17 bits per heavy atom. The zero-order chi connectivity index (χ0) is 16.6. The largest absolute Gasteiger partial charge is 0.396 e. The Labute approximate surface area is 132 Å². The highest BCUT2D eigenvalue weighted by molar-refractivity contribution is 5.29. The maximum Gasteiger partial charge on any atom is 0.165 e. The average molecular weight is 324 g/mol. The lowest BCUT2D eigenvalue weighted by Crippen LogP contribution is -2.53. The molecule has 1 aliphatic rings. The van der Waals surface area contributed by atoms with E-state index in [0.29, 0.717) is 17.9 Å². The molecule has 1 fully saturated rings. The summed E-state index contributed by atoms with van der Waals surface area (Å²) in [6.07, 6.45) is -0.112. The van der Waals surface area contributed by atoms with Crippen LogP contribution in [0.1, 0.15) is 29.5 Å². The van der Waals surface area contributed by atoms with Crippen LogP contribution in [0.3, 0.4) is 0 Å². The highest BCUT2D eigenvalue weighted by Gasteiger charge is 2.45. The number of aliphatic hydroxyl groups is 1. The summed E-state index contributed by atoms with van der Waals surface area (Å²) >= 11 is 0. The van der Waals surface area contributed by atoms with Crippen molar-refractivity contribution in [2.24, 2.45) is 11.7 Å². The van der Waals surface area contributed by atoms with Crippen molar-refractivity contribution < 1.29 is 23.1 Å². The first-order chi connectivity index (χ1) is 10.9. The third-order valence-corrected chi connectivity index (χ3v) is 4.36. The molecule has 5 nitrogen and oxygen atoms in total. The second-order valence-corrected chi connectivity index (χ2v) is 5.95. The summed E-state index contributed by atoms with van der Waals surface area (Å²) in [5.41, 5.74) is 5.72. The lowest BCUT2D eigenvalue weighted by Gasteiger charge is -2.43. The van der Waals surface area contributed by atoms with E-state index >= 15 is 0 Å². The summed E-state index contributed by atoms with van der Waals surface area (Å²) in [6.45, 7) is 1.44. The van der Waals surface area contributed by atoms with Crippen LogP contribution in [0, 0.1) is 24.5 Å². The van der Waals surface area contributed by atoms with Crippen molar-refractivity contribution in [1.29, 1.82) is 0 Å². The van der Waals surface area contributed by atoms with Crippen LogP contribution in [-0.4, -0.2) is 23.5 Å². The molecule has 3 rings (SSSR count). The molecule has 0 amide bonds. The monoisotopic (exact) mass is 324 g/mol. The molecule has 1 aromatic heterocycles. The third-order valence-electron chi connectivity index (χ3n) is 4.36. The lowest BCUT2D eigenvalue weighted by molar-refractivity contribution is -0.0869. The summed E-state index contributed by atoms with van der Waals surface area (Å²) in [7, 11) is 0. The molecular weight excluding hydrogens is 306 g/mol. The number of ether oxygens (including phenoxy) is 1. The number of hydrogen-bond acceptors (Lipinski definition) is 5. The van der Waals surface area contributed by atoms with Crippen molar-refractivity contribution in [3.05, 3.63) is 52.9 Å². The highest BCUT2D eigenvalue weighted by atomic mass is 19.1. The van der Waals surface area contributed by atoms with Crippen molar-refractivity contribution in [2.75, 3.05) is 13.2 Å². The van der Waals surface area contributed by atoms with Crippen molar-refractivity contribution in [2.45, 2.75) is 25.0 Å². The zero-order valence-electron chi connectivity index (χ0n) is 12.6. The summed E-state index contributed by atoms with van der Waals surface area (Å²) < 4.78 is 38.5. The van der Waals surface area contributed by atoms with E-state index in [4.69, 9.17) is 15.0 Å². The van der Waals surface area contributed by atoms with E-state index in [2.05, 4.69) is 5.16 Å². The first-order valence-electron chi connectivity index (χ1n) is 7.34. The fourth-order valence-electron chi connectivity index (χ4n) is 3.02.